The first kappa shape index (κ1) is 21.0. The first-order chi connectivity index (χ1) is 13.7. The van der Waals surface area contributed by atoms with Gasteiger partial charge >= 0.3 is 5.97 Å². The average molecular weight is 399 g/mol. The van der Waals surface area contributed by atoms with Gasteiger partial charge in [0.25, 0.3) is 0 Å². The standard InChI is InChI=1S/C23H29NO5/c1-6-28-18-10-14(8-9-16(18)25)20-19(22(27)29-7-2)13(3)24-15-11-23(4,5)12-17(26)21(15)20/h8-10,20,24-25H,6-7,11-12H2,1-5H3/t20-/m0/s1. The molecule has 3 rings (SSSR count). The van der Waals surface area contributed by atoms with Crippen LogP contribution in [0.5, 0.6) is 11.5 Å². The molecule has 0 saturated heterocycles. The van der Waals surface area contributed by atoms with Crippen molar-refractivity contribution < 1.29 is 24.2 Å². The zero-order valence-electron chi connectivity index (χ0n) is 17.7. The normalized spacial score (nSPS) is 20.9. The summed E-state index contributed by atoms with van der Waals surface area (Å²) in [5, 5.41) is 13.4. The van der Waals surface area contributed by atoms with E-state index in [1.165, 1.54) is 6.07 Å². The Labute approximate surface area is 171 Å². The van der Waals surface area contributed by atoms with Gasteiger partial charge in [0.2, 0.25) is 0 Å². The number of rotatable bonds is 5. The third-order valence-corrected chi connectivity index (χ3v) is 5.35. The lowest BCUT2D eigenvalue weighted by molar-refractivity contribution is -0.138. The minimum absolute atomic E-state index is 0.0215. The van der Waals surface area contributed by atoms with Crippen LogP contribution in [0.2, 0.25) is 0 Å². The van der Waals surface area contributed by atoms with Crippen molar-refractivity contribution in [3.63, 3.8) is 0 Å². The molecule has 0 bridgehead atoms. The van der Waals surface area contributed by atoms with Crippen LogP contribution in [0.25, 0.3) is 0 Å². The molecule has 6 nitrogen and oxygen atoms in total. The zero-order chi connectivity index (χ0) is 21.3. The largest absolute Gasteiger partial charge is 0.504 e. The molecule has 0 unspecified atom stereocenters. The molecule has 2 N–H and O–H groups in total. The van der Waals surface area contributed by atoms with Crippen LogP contribution in [-0.4, -0.2) is 30.1 Å². The van der Waals surface area contributed by atoms with E-state index in [4.69, 9.17) is 9.47 Å². The van der Waals surface area contributed by atoms with Crippen molar-refractivity contribution in [1.29, 1.82) is 0 Å². The van der Waals surface area contributed by atoms with Gasteiger partial charge in [0.15, 0.2) is 17.3 Å². The summed E-state index contributed by atoms with van der Waals surface area (Å²) in [6, 6.07) is 4.98. The molecule has 0 aromatic heterocycles. The number of hydrogen-bond donors (Lipinski definition) is 2. The van der Waals surface area contributed by atoms with Crippen molar-refractivity contribution in [2.45, 2.75) is 53.4 Å². The van der Waals surface area contributed by atoms with Crippen LogP contribution >= 0.6 is 0 Å². The highest BCUT2D eigenvalue weighted by molar-refractivity contribution is 6.04. The van der Waals surface area contributed by atoms with E-state index in [2.05, 4.69) is 19.2 Å². The van der Waals surface area contributed by atoms with Gasteiger partial charge in [-0.1, -0.05) is 19.9 Å². The predicted molar refractivity (Wildman–Crippen MR) is 110 cm³/mol. The van der Waals surface area contributed by atoms with Crippen LogP contribution in [-0.2, 0) is 14.3 Å². The Bertz CT molecular complexity index is 910. The molecule has 0 saturated carbocycles. The Morgan fingerprint density at radius 1 is 1.24 bits per heavy atom. The topological polar surface area (TPSA) is 84.9 Å². The summed E-state index contributed by atoms with van der Waals surface area (Å²) in [4.78, 5) is 26.0. The molecule has 1 atom stereocenters. The molecular weight excluding hydrogens is 370 g/mol. The SMILES string of the molecule is CCOC(=O)C1=C(C)NC2=C(C(=O)CC(C)(C)C2)[C@H]1c1ccc(O)c(OCC)c1. The Kier molecular flexibility index (Phi) is 5.73. The Morgan fingerprint density at radius 3 is 2.62 bits per heavy atom. The van der Waals surface area contributed by atoms with Crippen molar-refractivity contribution in [2.24, 2.45) is 5.41 Å². The highest BCUT2D eigenvalue weighted by atomic mass is 16.5. The minimum atomic E-state index is -0.561. The number of nitrogens with one attached hydrogen (secondary N) is 1. The molecular formula is C23H29NO5. The second-order valence-electron chi connectivity index (χ2n) is 8.31. The van der Waals surface area contributed by atoms with Gasteiger partial charge in [0.1, 0.15) is 0 Å². The van der Waals surface area contributed by atoms with Crippen molar-refractivity contribution in [3.8, 4) is 11.5 Å². The lowest BCUT2D eigenvalue weighted by Gasteiger charge is -2.39. The molecule has 156 valence electrons. The molecule has 1 aliphatic carbocycles. The van der Waals surface area contributed by atoms with Gasteiger partial charge in [0.05, 0.1) is 18.8 Å². The first-order valence-electron chi connectivity index (χ1n) is 10.0. The van der Waals surface area contributed by atoms with E-state index in [-0.39, 0.29) is 23.6 Å². The lowest BCUT2D eigenvalue weighted by Crippen LogP contribution is -2.38. The van der Waals surface area contributed by atoms with Crippen LogP contribution in [0.3, 0.4) is 0 Å². The summed E-state index contributed by atoms with van der Waals surface area (Å²) in [7, 11) is 0. The van der Waals surface area contributed by atoms with Gasteiger partial charge in [-0.15, -0.1) is 0 Å². The molecule has 1 heterocycles. The molecule has 2 aliphatic rings. The molecule has 0 fully saturated rings. The molecule has 29 heavy (non-hydrogen) atoms. The van der Waals surface area contributed by atoms with E-state index in [0.29, 0.717) is 42.0 Å². The maximum atomic E-state index is 13.2. The van der Waals surface area contributed by atoms with Gasteiger partial charge < -0.3 is 19.9 Å². The maximum absolute atomic E-state index is 13.2. The molecule has 0 radical (unpaired) electrons. The van der Waals surface area contributed by atoms with Gasteiger partial charge in [-0.25, -0.2) is 4.79 Å². The van der Waals surface area contributed by atoms with Gasteiger partial charge in [-0.2, -0.15) is 0 Å². The van der Waals surface area contributed by atoms with E-state index in [1.54, 1.807) is 19.1 Å². The molecule has 1 aliphatic heterocycles. The third-order valence-electron chi connectivity index (χ3n) is 5.35. The zero-order valence-corrected chi connectivity index (χ0v) is 17.7. The monoisotopic (exact) mass is 399 g/mol. The van der Waals surface area contributed by atoms with Crippen LogP contribution in [0.4, 0.5) is 0 Å². The Hall–Kier alpha value is -2.76. The summed E-state index contributed by atoms with van der Waals surface area (Å²) in [5.74, 6) is -0.635. The number of ether oxygens (including phenoxy) is 2. The smallest absolute Gasteiger partial charge is 0.336 e. The average Bonchev–Trinajstić information content (AvgIpc) is 2.61. The number of ketones is 1. The van der Waals surface area contributed by atoms with Crippen molar-refractivity contribution >= 4 is 11.8 Å². The highest BCUT2D eigenvalue weighted by Gasteiger charge is 2.43. The van der Waals surface area contributed by atoms with E-state index in [0.717, 1.165) is 11.3 Å². The number of carbonyl (C=O) groups is 2. The van der Waals surface area contributed by atoms with Crippen LogP contribution < -0.4 is 10.1 Å². The summed E-state index contributed by atoms with van der Waals surface area (Å²) >= 11 is 0. The van der Waals surface area contributed by atoms with Gasteiger partial charge in [0, 0.05) is 29.3 Å². The summed E-state index contributed by atoms with van der Waals surface area (Å²) in [5.41, 5.74) is 3.13. The van der Waals surface area contributed by atoms with E-state index < -0.39 is 11.9 Å². The second kappa shape index (κ2) is 7.93. The summed E-state index contributed by atoms with van der Waals surface area (Å²) < 4.78 is 10.8. The lowest BCUT2D eigenvalue weighted by atomic mass is 9.68. The van der Waals surface area contributed by atoms with E-state index in [1.807, 2.05) is 13.8 Å². The first-order valence-corrected chi connectivity index (χ1v) is 10.0. The van der Waals surface area contributed by atoms with Crippen LogP contribution in [0.1, 0.15) is 58.9 Å². The van der Waals surface area contributed by atoms with Crippen LogP contribution in [0, 0.1) is 5.41 Å². The number of Topliss-reactive ketones (excluding diaryl/α,β-unsaturated/α-hetero) is 1. The predicted octanol–water partition coefficient (Wildman–Crippen LogP) is 3.96. The number of hydrogen-bond acceptors (Lipinski definition) is 6. The fraction of sp³-hybridized carbons (Fsp3) is 0.478. The number of esters is 1. The molecule has 1 aromatic carbocycles. The number of carbonyl (C=O) groups excluding carboxylic acids is 2. The van der Waals surface area contributed by atoms with Gasteiger partial charge in [-0.3, -0.25) is 4.79 Å². The van der Waals surface area contributed by atoms with E-state index >= 15 is 0 Å². The summed E-state index contributed by atoms with van der Waals surface area (Å²) in [6.45, 7) is 10.2. The number of phenolic OH excluding ortho intramolecular Hbond substituents is 1. The highest BCUT2D eigenvalue weighted by Crippen LogP contribution is 2.47. The van der Waals surface area contributed by atoms with Crippen molar-refractivity contribution in [2.75, 3.05) is 13.2 Å². The Morgan fingerprint density at radius 2 is 1.97 bits per heavy atom. The third kappa shape index (κ3) is 4.02. The Balaban J connectivity index is 2.19. The molecule has 0 spiro atoms. The quantitative estimate of drug-likeness (QED) is 0.729. The van der Waals surface area contributed by atoms with E-state index in [9.17, 15) is 14.7 Å². The number of benzene rings is 1. The second-order valence-corrected chi connectivity index (χ2v) is 8.31. The van der Waals surface area contributed by atoms with Crippen molar-refractivity contribution in [1.82, 2.24) is 5.32 Å². The molecule has 6 heteroatoms. The maximum Gasteiger partial charge on any atom is 0.336 e. The number of dihydropyridines is 1. The number of allylic oxidation sites excluding steroid dienone is 3. The van der Waals surface area contributed by atoms with Crippen LogP contribution in [0.15, 0.2) is 40.7 Å². The molecule has 1 aromatic rings. The molecule has 0 amide bonds. The van der Waals surface area contributed by atoms with Crippen molar-refractivity contribution in [3.05, 3.63) is 46.3 Å². The fourth-order valence-corrected chi connectivity index (χ4v) is 4.23. The summed E-state index contributed by atoms with van der Waals surface area (Å²) in [6.07, 6.45) is 1.13. The number of aromatic hydroxyl groups is 1. The number of phenols is 1. The minimum Gasteiger partial charge on any atom is -0.504 e. The van der Waals surface area contributed by atoms with Gasteiger partial charge in [-0.05, 0) is 50.3 Å². The fourth-order valence-electron chi connectivity index (χ4n) is 4.23.